The van der Waals surface area contributed by atoms with Crippen molar-refractivity contribution in [3.8, 4) is 5.75 Å². The molecule has 1 aliphatic carbocycles. The highest BCUT2D eigenvalue weighted by Gasteiger charge is 2.30. The van der Waals surface area contributed by atoms with E-state index in [4.69, 9.17) is 4.74 Å². The van der Waals surface area contributed by atoms with Crippen LogP contribution < -0.4 is 10.1 Å². The fraction of sp³-hybridized carbons (Fsp3) is 0.538. The van der Waals surface area contributed by atoms with Crippen molar-refractivity contribution in [2.45, 2.75) is 25.3 Å². The number of nitrogens with one attached hydrogen (secondary N) is 1. The first-order valence-corrected chi connectivity index (χ1v) is 5.64. The van der Waals surface area contributed by atoms with Gasteiger partial charge in [0.15, 0.2) is 0 Å². The maximum absolute atomic E-state index is 5.36. The topological polar surface area (TPSA) is 21.3 Å². The monoisotopic (exact) mass is 205 g/mol. The molecule has 1 aliphatic rings. The number of ether oxygens (including phenoxy) is 1. The minimum atomic E-state index is 0.612. The van der Waals surface area contributed by atoms with Crippen LogP contribution in [0.4, 0.5) is 0 Å². The maximum atomic E-state index is 5.36. The second-order valence-corrected chi connectivity index (χ2v) is 4.25. The first-order chi connectivity index (χ1) is 7.35. The van der Waals surface area contributed by atoms with Crippen molar-refractivity contribution >= 4 is 0 Å². The van der Waals surface area contributed by atoms with Crippen molar-refractivity contribution in [2.24, 2.45) is 5.92 Å². The molecule has 1 aromatic carbocycles. The van der Waals surface area contributed by atoms with Crippen LogP contribution in [-0.2, 0) is 6.42 Å². The summed E-state index contributed by atoms with van der Waals surface area (Å²) >= 11 is 0. The molecule has 0 aliphatic heterocycles. The molecule has 82 valence electrons. The summed E-state index contributed by atoms with van der Waals surface area (Å²) in [4.78, 5) is 0. The molecule has 0 saturated heterocycles. The molecule has 1 aromatic rings. The lowest BCUT2D eigenvalue weighted by atomic mass is 10.0. The van der Waals surface area contributed by atoms with Gasteiger partial charge in [-0.15, -0.1) is 0 Å². The first-order valence-electron chi connectivity index (χ1n) is 5.64. The van der Waals surface area contributed by atoms with Crippen molar-refractivity contribution in [3.05, 3.63) is 29.8 Å². The average Bonchev–Trinajstić information content (AvgIpc) is 3.10. The van der Waals surface area contributed by atoms with Gasteiger partial charge in [0.05, 0.1) is 7.11 Å². The Morgan fingerprint density at radius 3 is 2.73 bits per heavy atom. The molecule has 1 fully saturated rings. The van der Waals surface area contributed by atoms with Gasteiger partial charge >= 0.3 is 0 Å². The number of methoxy groups -OCH3 is 1. The van der Waals surface area contributed by atoms with E-state index in [2.05, 4.69) is 24.5 Å². The molecule has 1 atom stereocenters. The lowest BCUT2D eigenvalue weighted by molar-refractivity contribution is 0.403. The third-order valence-corrected chi connectivity index (χ3v) is 3.19. The number of likely N-dealkylation sites (N-methyl/N-ethyl adjacent to an activating group) is 1. The van der Waals surface area contributed by atoms with Gasteiger partial charge in [0.1, 0.15) is 5.75 Å². The minimum Gasteiger partial charge on any atom is -0.496 e. The predicted molar refractivity (Wildman–Crippen MR) is 62.3 cm³/mol. The summed E-state index contributed by atoms with van der Waals surface area (Å²) in [5.74, 6) is 1.89. The van der Waals surface area contributed by atoms with Crippen LogP contribution in [0.1, 0.15) is 18.4 Å². The Balaban J connectivity index is 2.07. The van der Waals surface area contributed by atoms with Gasteiger partial charge in [-0.3, -0.25) is 0 Å². The highest BCUT2D eigenvalue weighted by molar-refractivity contribution is 5.34. The van der Waals surface area contributed by atoms with Gasteiger partial charge in [-0.25, -0.2) is 0 Å². The second-order valence-electron chi connectivity index (χ2n) is 4.25. The molecule has 2 rings (SSSR count). The predicted octanol–water partition coefficient (Wildman–Crippen LogP) is 2.24. The van der Waals surface area contributed by atoms with E-state index in [9.17, 15) is 0 Å². The van der Waals surface area contributed by atoms with E-state index in [1.165, 1.54) is 18.4 Å². The molecule has 1 unspecified atom stereocenters. The summed E-state index contributed by atoms with van der Waals surface area (Å²) in [5.41, 5.74) is 1.31. The van der Waals surface area contributed by atoms with Crippen LogP contribution in [0.3, 0.4) is 0 Å². The van der Waals surface area contributed by atoms with E-state index in [1.54, 1.807) is 7.11 Å². The molecule has 1 N–H and O–H groups in total. The summed E-state index contributed by atoms with van der Waals surface area (Å²) in [6.45, 7) is 0. The molecular weight excluding hydrogens is 186 g/mol. The van der Waals surface area contributed by atoms with Gasteiger partial charge in [0.25, 0.3) is 0 Å². The van der Waals surface area contributed by atoms with Gasteiger partial charge < -0.3 is 10.1 Å². The molecule has 0 amide bonds. The van der Waals surface area contributed by atoms with Crippen LogP contribution in [-0.4, -0.2) is 20.2 Å². The molecule has 0 spiro atoms. The third-order valence-electron chi connectivity index (χ3n) is 3.19. The number of para-hydroxylation sites is 1. The highest BCUT2D eigenvalue weighted by Crippen LogP contribution is 2.34. The van der Waals surface area contributed by atoms with Crippen LogP contribution in [0.15, 0.2) is 24.3 Å². The molecular formula is C13H19NO. The standard InChI is InChI=1S/C13H19NO/c1-14-12(10-7-8-10)9-11-5-3-4-6-13(11)15-2/h3-6,10,12,14H,7-9H2,1-2H3. The molecule has 1 saturated carbocycles. The Morgan fingerprint density at radius 2 is 2.13 bits per heavy atom. The fourth-order valence-electron chi connectivity index (χ4n) is 2.11. The largest absolute Gasteiger partial charge is 0.496 e. The third kappa shape index (κ3) is 2.51. The lowest BCUT2D eigenvalue weighted by Gasteiger charge is -2.17. The Hall–Kier alpha value is -1.02. The molecule has 0 heterocycles. The first kappa shape index (κ1) is 10.5. The quantitative estimate of drug-likeness (QED) is 0.796. The molecule has 2 nitrogen and oxygen atoms in total. The Morgan fingerprint density at radius 1 is 1.40 bits per heavy atom. The normalized spacial score (nSPS) is 17.5. The zero-order valence-electron chi connectivity index (χ0n) is 9.49. The second kappa shape index (κ2) is 4.67. The molecule has 2 heteroatoms. The smallest absolute Gasteiger partial charge is 0.122 e. The van der Waals surface area contributed by atoms with Crippen LogP contribution in [0.5, 0.6) is 5.75 Å². The van der Waals surface area contributed by atoms with Gasteiger partial charge in [-0.05, 0) is 43.9 Å². The number of hydrogen-bond acceptors (Lipinski definition) is 2. The van der Waals surface area contributed by atoms with Gasteiger partial charge in [0, 0.05) is 6.04 Å². The Kier molecular flexibility index (Phi) is 3.27. The van der Waals surface area contributed by atoms with Crippen molar-refractivity contribution in [1.29, 1.82) is 0 Å². The molecule has 0 bridgehead atoms. The van der Waals surface area contributed by atoms with Crippen molar-refractivity contribution in [3.63, 3.8) is 0 Å². The maximum Gasteiger partial charge on any atom is 0.122 e. The Bertz CT molecular complexity index is 320. The van der Waals surface area contributed by atoms with Gasteiger partial charge in [-0.2, -0.15) is 0 Å². The zero-order chi connectivity index (χ0) is 10.7. The van der Waals surface area contributed by atoms with E-state index >= 15 is 0 Å². The van der Waals surface area contributed by atoms with Crippen LogP contribution in [0.2, 0.25) is 0 Å². The van der Waals surface area contributed by atoms with Crippen molar-refractivity contribution < 1.29 is 4.74 Å². The summed E-state index contributed by atoms with van der Waals surface area (Å²) in [6, 6.07) is 8.91. The number of benzene rings is 1. The summed E-state index contributed by atoms with van der Waals surface area (Å²) in [5, 5.41) is 3.41. The highest BCUT2D eigenvalue weighted by atomic mass is 16.5. The fourth-order valence-corrected chi connectivity index (χ4v) is 2.11. The van der Waals surface area contributed by atoms with Crippen molar-refractivity contribution in [1.82, 2.24) is 5.32 Å². The van der Waals surface area contributed by atoms with Gasteiger partial charge in [-0.1, -0.05) is 18.2 Å². The molecule has 0 aromatic heterocycles. The number of hydrogen-bond donors (Lipinski definition) is 1. The SMILES string of the molecule is CNC(Cc1ccccc1OC)C1CC1. The molecule has 15 heavy (non-hydrogen) atoms. The van der Waals surface area contributed by atoms with Gasteiger partial charge in [0.2, 0.25) is 0 Å². The van der Waals surface area contributed by atoms with E-state index in [0.29, 0.717) is 6.04 Å². The van der Waals surface area contributed by atoms with Crippen LogP contribution in [0, 0.1) is 5.92 Å². The summed E-state index contributed by atoms with van der Waals surface area (Å²) in [6.07, 6.45) is 3.83. The van der Waals surface area contributed by atoms with Crippen LogP contribution in [0.25, 0.3) is 0 Å². The van der Waals surface area contributed by atoms with E-state index in [-0.39, 0.29) is 0 Å². The van der Waals surface area contributed by atoms with E-state index < -0.39 is 0 Å². The number of rotatable bonds is 5. The van der Waals surface area contributed by atoms with Crippen LogP contribution >= 0.6 is 0 Å². The molecule has 0 radical (unpaired) electrons. The van der Waals surface area contributed by atoms with E-state index in [1.807, 2.05) is 12.1 Å². The Labute approximate surface area is 91.6 Å². The van der Waals surface area contributed by atoms with Crippen molar-refractivity contribution in [2.75, 3.05) is 14.2 Å². The van der Waals surface area contributed by atoms with E-state index in [0.717, 1.165) is 18.1 Å². The zero-order valence-corrected chi connectivity index (χ0v) is 9.49. The summed E-state index contributed by atoms with van der Waals surface area (Å²) < 4.78 is 5.36. The summed E-state index contributed by atoms with van der Waals surface area (Å²) in [7, 11) is 3.79. The minimum absolute atomic E-state index is 0.612. The average molecular weight is 205 g/mol. The lowest BCUT2D eigenvalue weighted by Crippen LogP contribution is -2.29.